The lowest BCUT2D eigenvalue weighted by Gasteiger charge is -2.18. The van der Waals surface area contributed by atoms with Gasteiger partial charge >= 0.3 is 0 Å². The number of imidazole rings is 1. The van der Waals surface area contributed by atoms with Crippen molar-refractivity contribution in [3.8, 4) is 0 Å². The van der Waals surface area contributed by atoms with Crippen molar-refractivity contribution in [1.29, 1.82) is 0 Å². The van der Waals surface area contributed by atoms with E-state index in [1.54, 1.807) is 12.3 Å². The Kier molecular flexibility index (Phi) is 4.11. The maximum absolute atomic E-state index is 13.6. The van der Waals surface area contributed by atoms with E-state index in [-0.39, 0.29) is 11.9 Å². The van der Waals surface area contributed by atoms with Gasteiger partial charge in [0.15, 0.2) is 0 Å². The van der Waals surface area contributed by atoms with Crippen LogP contribution in [0, 0.1) is 5.82 Å². The molecular formula is C12H14BrFN4. The van der Waals surface area contributed by atoms with Gasteiger partial charge in [-0.15, -0.1) is 0 Å². The largest absolute Gasteiger partial charge is 0.334 e. The highest BCUT2D eigenvalue weighted by molar-refractivity contribution is 9.10. The summed E-state index contributed by atoms with van der Waals surface area (Å²) in [5.74, 6) is 6.03. The maximum Gasteiger partial charge on any atom is 0.137 e. The second-order valence-corrected chi connectivity index (χ2v) is 4.61. The van der Waals surface area contributed by atoms with Gasteiger partial charge in [-0.25, -0.2) is 14.8 Å². The summed E-state index contributed by atoms with van der Waals surface area (Å²) in [6.45, 7) is 2.79. The molecule has 4 nitrogen and oxygen atoms in total. The number of hydrogen-bond acceptors (Lipinski definition) is 3. The van der Waals surface area contributed by atoms with Crippen molar-refractivity contribution in [2.75, 3.05) is 0 Å². The first kappa shape index (κ1) is 13.2. The van der Waals surface area contributed by atoms with Gasteiger partial charge in [0.25, 0.3) is 0 Å². The number of hydrazine groups is 1. The van der Waals surface area contributed by atoms with E-state index in [0.717, 1.165) is 17.9 Å². The average molecular weight is 313 g/mol. The lowest BCUT2D eigenvalue weighted by Crippen LogP contribution is -2.31. The minimum atomic E-state index is -0.356. The molecule has 0 aliphatic carbocycles. The quantitative estimate of drug-likeness (QED) is 0.673. The normalized spacial score (nSPS) is 12.7. The van der Waals surface area contributed by atoms with Crippen molar-refractivity contribution in [2.45, 2.75) is 19.5 Å². The molecule has 0 saturated carbocycles. The second-order valence-electron chi connectivity index (χ2n) is 3.81. The Bertz CT molecular complexity index is 541. The molecule has 3 N–H and O–H groups in total. The number of halogens is 2. The zero-order chi connectivity index (χ0) is 13.1. The molecule has 2 aromatic rings. The number of hydrogen-bond donors (Lipinski definition) is 2. The number of aromatic nitrogens is 2. The molecule has 18 heavy (non-hydrogen) atoms. The first-order chi connectivity index (χ1) is 8.69. The molecule has 1 heterocycles. The molecular weight excluding hydrogens is 299 g/mol. The first-order valence-electron chi connectivity index (χ1n) is 5.60. The van der Waals surface area contributed by atoms with Crippen LogP contribution in [0.3, 0.4) is 0 Å². The average Bonchev–Trinajstić information content (AvgIpc) is 2.83. The predicted molar refractivity (Wildman–Crippen MR) is 71.2 cm³/mol. The van der Waals surface area contributed by atoms with Gasteiger partial charge in [0.2, 0.25) is 0 Å². The highest BCUT2D eigenvalue weighted by atomic mass is 79.9. The summed E-state index contributed by atoms with van der Waals surface area (Å²) in [4.78, 5) is 4.28. The van der Waals surface area contributed by atoms with Crippen molar-refractivity contribution < 1.29 is 4.39 Å². The first-order valence-corrected chi connectivity index (χ1v) is 6.39. The van der Waals surface area contributed by atoms with Crippen molar-refractivity contribution in [2.24, 2.45) is 5.84 Å². The van der Waals surface area contributed by atoms with Gasteiger partial charge in [-0.05, 0) is 34.5 Å². The van der Waals surface area contributed by atoms with E-state index in [0.29, 0.717) is 4.47 Å². The predicted octanol–water partition coefficient (Wildman–Crippen LogP) is 2.36. The van der Waals surface area contributed by atoms with Gasteiger partial charge in [-0.3, -0.25) is 5.84 Å². The molecule has 0 bridgehead atoms. The van der Waals surface area contributed by atoms with E-state index in [1.165, 1.54) is 6.07 Å². The standard InChI is InChI=1S/C12H14BrFN4/c1-2-18-7-6-16-12(18)11(17-15)8-4-3-5-9(14)10(8)13/h3-7,11,17H,2,15H2,1H3. The summed E-state index contributed by atoms with van der Waals surface area (Å²) < 4.78 is 15.9. The van der Waals surface area contributed by atoms with Crippen molar-refractivity contribution in [1.82, 2.24) is 15.0 Å². The molecule has 1 aromatic carbocycles. The highest BCUT2D eigenvalue weighted by Gasteiger charge is 2.21. The van der Waals surface area contributed by atoms with Crippen LogP contribution >= 0.6 is 15.9 Å². The van der Waals surface area contributed by atoms with Crippen LogP contribution in [-0.4, -0.2) is 9.55 Å². The summed E-state index contributed by atoms with van der Waals surface area (Å²) >= 11 is 3.25. The molecule has 2 rings (SSSR count). The van der Waals surface area contributed by atoms with Crippen LogP contribution < -0.4 is 11.3 Å². The van der Waals surface area contributed by atoms with E-state index in [1.807, 2.05) is 23.8 Å². The van der Waals surface area contributed by atoms with Crippen LogP contribution in [0.15, 0.2) is 35.1 Å². The van der Waals surface area contributed by atoms with Gasteiger partial charge in [0, 0.05) is 18.9 Å². The monoisotopic (exact) mass is 312 g/mol. The van der Waals surface area contributed by atoms with Crippen LogP contribution in [0.1, 0.15) is 24.4 Å². The zero-order valence-corrected chi connectivity index (χ0v) is 11.5. The SMILES string of the molecule is CCn1ccnc1C(NN)c1cccc(F)c1Br. The van der Waals surface area contributed by atoms with Crippen LogP contribution in [0.25, 0.3) is 0 Å². The number of nitrogens with two attached hydrogens (primary N) is 1. The molecule has 0 aliphatic heterocycles. The van der Waals surface area contributed by atoms with E-state index in [2.05, 4.69) is 26.3 Å². The Morgan fingerprint density at radius 1 is 1.56 bits per heavy atom. The highest BCUT2D eigenvalue weighted by Crippen LogP contribution is 2.29. The lowest BCUT2D eigenvalue weighted by atomic mass is 10.1. The minimum absolute atomic E-state index is 0.317. The molecule has 0 radical (unpaired) electrons. The molecule has 6 heteroatoms. The Hall–Kier alpha value is -1.24. The summed E-state index contributed by atoms with van der Waals surface area (Å²) in [5.41, 5.74) is 3.40. The Morgan fingerprint density at radius 2 is 2.33 bits per heavy atom. The van der Waals surface area contributed by atoms with Gasteiger partial charge in [0.05, 0.1) is 4.47 Å². The fraction of sp³-hybridized carbons (Fsp3) is 0.250. The number of aryl methyl sites for hydroxylation is 1. The number of benzene rings is 1. The van der Waals surface area contributed by atoms with E-state index < -0.39 is 0 Å². The molecule has 0 saturated heterocycles. The Balaban J connectivity index is 2.49. The van der Waals surface area contributed by atoms with Gasteiger partial charge in [-0.1, -0.05) is 12.1 Å². The minimum Gasteiger partial charge on any atom is -0.334 e. The second kappa shape index (κ2) is 5.60. The molecule has 0 spiro atoms. The van der Waals surface area contributed by atoms with E-state index >= 15 is 0 Å². The number of rotatable bonds is 4. The van der Waals surface area contributed by atoms with Crippen molar-refractivity contribution in [3.05, 3.63) is 52.3 Å². The third kappa shape index (κ3) is 2.31. The Morgan fingerprint density at radius 3 is 3.00 bits per heavy atom. The van der Waals surface area contributed by atoms with E-state index in [4.69, 9.17) is 5.84 Å². The van der Waals surface area contributed by atoms with Crippen LogP contribution in [0.4, 0.5) is 4.39 Å². The summed E-state index contributed by atoms with van der Waals surface area (Å²) in [5, 5.41) is 0. The lowest BCUT2D eigenvalue weighted by molar-refractivity contribution is 0.551. The molecule has 1 aromatic heterocycles. The number of nitrogens with one attached hydrogen (secondary N) is 1. The van der Waals surface area contributed by atoms with Crippen LogP contribution in [0.2, 0.25) is 0 Å². The van der Waals surface area contributed by atoms with Crippen LogP contribution in [0.5, 0.6) is 0 Å². The fourth-order valence-electron chi connectivity index (χ4n) is 1.90. The van der Waals surface area contributed by atoms with Gasteiger partial charge < -0.3 is 4.57 Å². The summed E-state index contributed by atoms with van der Waals surface area (Å²) in [6.07, 6.45) is 3.57. The Labute approximate surface area is 113 Å². The molecule has 96 valence electrons. The summed E-state index contributed by atoms with van der Waals surface area (Å²) in [6, 6.07) is 4.50. The van der Waals surface area contributed by atoms with Crippen LogP contribution in [-0.2, 0) is 6.54 Å². The van der Waals surface area contributed by atoms with Crippen molar-refractivity contribution >= 4 is 15.9 Å². The van der Waals surface area contributed by atoms with Crippen molar-refractivity contribution in [3.63, 3.8) is 0 Å². The van der Waals surface area contributed by atoms with Gasteiger partial charge in [0.1, 0.15) is 17.7 Å². The molecule has 0 aliphatic rings. The maximum atomic E-state index is 13.6. The molecule has 1 atom stereocenters. The molecule has 1 unspecified atom stereocenters. The fourth-order valence-corrected chi connectivity index (χ4v) is 2.39. The molecule has 0 fully saturated rings. The zero-order valence-electron chi connectivity index (χ0n) is 9.90. The topological polar surface area (TPSA) is 55.9 Å². The smallest absolute Gasteiger partial charge is 0.137 e. The third-order valence-electron chi connectivity index (χ3n) is 2.81. The number of nitrogens with zero attached hydrogens (tertiary/aromatic N) is 2. The van der Waals surface area contributed by atoms with Gasteiger partial charge in [-0.2, -0.15) is 0 Å². The molecule has 0 amide bonds. The third-order valence-corrected chi connectivity index (χ3v) is 3.64. The summed E-state index contributed by atoms with van der Waals surface area (Å²) in [7, 11) is 0. The van der Waals surface area contributed by atoms with E-state index in [9.17, 15) is 4.39 Å².